The van der Waals surface area contributed by atoms with E-state index in [4.69, 9.17) is 4.74 Å². The number of benzene rings is 2. The van der Waals surface area contributed by atoms with Crippen molar-refractivity contribution in [3.05, 3.63) is 46.6 Å². The van der Waals surface area contributed by atoms with Gasteiger partial charge in [-0.2, -0.15) is 0 Å². The van der Waals surface area contributed by atoms with Crippen LogP contribution in [0.5, 0.6) is 5.75 Å². The van der Waals surface area contributed by atoms with E-state index in [0.717, 1.165) is 35.3 Å². The summed E-state index contributed by atoms with van der Waals surface area (Å²) in [5.41, 5.74) is 3.00. The molecule has 0 aliphatic carbocycles. The Morgan fingerprint density at radius 2 is 1.87 bits per heavy atom. The summed E-state index contributed by atoms with van der Waals surface area (Å²) in [5, 5.41) is 1.41. The molecule has 0 atom stereocenters. The lowest BCUT2D eigenvalue weighted by Crippen LogP contribution is -2.17. The number of nitrogens with zero attached hydrogens (tertiary/aromatic N) is 1. The SMILES string of the molecule is CCOc1ccc2[nH]c3cc(N4CCCC4)ccc3c(=O)c2c1. The summed E-state index contributed by atoms with van der Waals surface area (Å²) in [6.07, 6.45) is 2.49. The van der Waals surface area contributed by atoms with Crippen LogP contribution >= 0.6 is 0 Å². The fraction of sp³-hybridized carbons (Fsp3) is 0.316. The van der Waals surface area contributed by atoms with E-state index in [1.807, 2.05) is 31.2 Å². The molecule has 1 N–H and O–H groups in total. The molecule has 1 aliphatic heterocycles. The van der Waals surface area contributed by atoms with Crippen LogP contribution in [-0.4, -0.2) is 24.7 Å². The van der Waals surface area contributed by atoms with Gasteiger partial charge in [-0.15, -0.1) is 0 Å². The molecule has 0 unspecified atom stereocenters. The van der Waals surface area contributed by atoms with E-state index in [1.54, 1.807) is 0 Å². The second kappa shape index (κ2) is 5.61. The zero-order chi connectivity index (χ0) is 15.8. The van der Waals surface area contributed by atoms with Gasteiger partial charge < -0.3 is 14.6 Å². The zero-order valence-corrected chi connectivity index (χ0v) is 13.3. The van der Waals surface area contributed by atoms with Crippen molar-refractivity contribution < 1.29 is 4.74 Å². The van der Waals surface area contributed by atoms with Crippen molar-refractivity contribution in [1.82, 2.24) is 4.98 Å². The average Bonchev–Trinajstić information content (AvgIpc) is 3.10. The maximum atomic E-state index is 12.8. The van der Waals surface area contributed by atoms with Crippen molar-refractivity contribution in [3.63, 3.8) is 0 Å². The third-order valence-electron chi connectivity index (χ3n) is 4.53. The van der Waals surface area contributed by atoms with Crippen LogP contribution in [0.3, 0.4) is 0 Å². The molecule has 2 aromatic carbocycles. The van der Waals surface area contributed by atoms with Crippen LogP contribution in [0.15, 0.2) is 41.2 Å². The Labute approximate surface area is 134 Å². The van der Waals surface area contributed by atoms with Gasteiger partial charge in [0.1, 0.15) is 5.75 Å². The number of ether oxygens (including phenoxy) is 1. The largest absolute Gasteiger partial charge is 0.494 e. The lowest BCUT2D eigenvalue weighted by atomic mass is 10.1. The van der Waals surface area contributed by atoms with Crippen molar-refractivity contribution >= 4 is 27.5 Å². The Kier molecular flexibility index (Phi) is 3.45. The molecule has 1 aliphatic rings. The van der Waals surface area contributed by atoms with Crippen LogP contribution in [-0.2, 0) is 0 Å². The highest BCUT2D eigenvalue weighted by atomic mass is 16.5. The molecule has 4 heteroatoms. The lowest BCUT2D eigenvalue weighted by molar-refractivity contribution is 0.340. The molecule has 1 saturated heterocycles. The number of H-pyrrole nitrogens is 1. The van der Waals surface area contributed by atoms with Crippen LogP contribution in [0.1, 0.15) is 19.8 Å². The quantitative estimate of drug-likeness (QED) is 0.751. The van der Waals surface area contributed by atoms with Crippen molar-refractivity contribution in [2.75, 3.05) is 24.6 Å². The standard InChI is InChI=1S/C19H20N2O2/c1-2-23-14-6-8-17-16(12-14)19(22)15-7-5-13(11-18(15)20-17)21-9-3-4-10-21/h5-8,11-12H,2-4,9-10H2,1H3,(H,20,22). The molecule has 1 fully saturated rings. The molecule has 0 amide bonds. The Bertz CT molecular complexity index is 924. The van der Waals surface area contributed by atoms with Crippen molar-refractivity contribution in [3.8, 4) is 5.75 Å². The van der Waals surface area contributed by atoms with Crippen LogP contribution in [0.25, 0.3) is 21.8 Å². The molecule has 0 radical (unpaired) electrons. The minimum absolute atomic E-state index is 0.0586. The van der Waals surface area contributed by atoms with Gasteiger partial charge in [-0.05, 0) is 56.2 Å². The fourth-order valence-electron chi connectivity index (χ4n) is 3.37. The monoisotopic (exact) mass is 308 g/mol. The van der Waals surface area contributed by atoms with Gasteiger partial charge in [0.15, 0.2) is 5.43 Å². The van der Waals surface area contributed by atoms with Crippen molar-refractivity contribution in [2.45, 2.75) is 19.8 Å². The van der Waals surface area contributed by atoms with E-state index in [1.165, 1.54) is 18.5 Å². The first-order valence-corrected chi connectivity index (χ1v) is 8.24. The third-order valence-corrected chi connectivity index (χ3v) is 4.53. The number of hydrogen-bond acceptors (Lipinski definition) is 3. The van der Waals surface area contributed by atoms with Crippen LogP contribution in [0.4, 0.5) is 5.69 Å². The maximum Gasteiger partial charge on any atom is 0.197 e. The second-order valence-corrected chi connectivity index (χ2v) is 6.02. The molecule has 2 heterocycles. The van der Waals surface area contributed by atoms with E-state index in [9.17, 15) is 4.79 Å². The van der Waals surface area contributed by atoms with Gasteiger partial charge in [0, 0.05) is 29.5 Å². The highest BCUT2D eigenvalue weighted by Gasteiger charge is 2.14. The average molecular weight is 308 g/mol. The normalized spacial score (nSPS) is 14.7. The minimum Gasteiger partial charge on any atom is -0.494 e. The number of anilines is 1. The van der Waals surface area contributed by atoms with Gasteiger partial charge in [-0.25, -0.2) is 0 Å². The topological polar surface area (TPSA) is 45.3 Å². The Balaban J connectivity index is 1.88. The summed E-state index contributed by atoms with van der Waals surface area (Å²) in [6, 6.07) is 11.7. The second-order valence-electron chi connectivity index (χ2n) is 6.02. The molecule has 0 bridgehead atoms. The molecule has 23 heavy (non-hydrogen) atoms. The molecule has 4 nitrogen and oxygen atoms in total. The number of rotatable bonds is 3. The molecule has 0 spiro atoms. The predicted octanol–water partition coefficient (Wildman–Crippen LogP) is 3.68. The number of aromatic nitrogens is 1. The predicted molar refractivity (Wildman–Crippen MR) is 94.7 cm³/mol. The summed E-state index contributed by atoms with van der Waals surface area (Å²) >= 11 is 0. The van der Waals surface area contributed by atoms with E-state index in [0.29, 0.717) is 12.0 Å². The van der Waals surface area contributed by atoms with Crippen LogP contribution in [0, 0.1) is 0 Å². The molecule has 3 aromatic rings. The minimum atomic E-state index is 0.0586. The number of nitrogens with one attached hydrogen (secondary N) is 1. The summed E-state index contributed by atoms with van der Waals surface area (Å²) in [5.74, 6) is 0.735. The first-order valence-electron chi connectivity index (χ1n) is 8.24. The Morgan fingerprint density at radius 3 is 2.65 bits per heavy atom. The highest BCUT2D eigenvalue weighted by molar-refractivity contribution is 5.94. The Hall–Kier alpha value is -2.49. The summed E-state index contributed by atoms with van der Waals surface area (Å²) in [7, 11) is 0. The maximum absolute atomic E-state index is 12.8. The summed E-state index contributed by atoms with van der Waals surface area (Å²) < 4.78 is 5.51. The van der Waals surface area contributed by atoms with Gasteiger partial charge in [0.05, 0.1) is 17.6 Å². The van der Waals surface area contributed by atoms with Crippen molar-refractivity contribution in [2.24, 2.45) is 0 Å². The van der Waals surface area contributed by atoms with E-state index in [2.05, 4.69) is 22.0 Å². The van der Waals surface area contributed by atoms with E-state index < -0.39 is 0 Å². The molecular formula is C19H20N2O2. The number of aromatic amines is 1. The van der Waals surface area contributed by atoms with Gasteiger partial charge in [-0.1, -0.05) is 0 Å². The number of fused-ring (bicyclic) bond motifs is 2. The zero-order valence-electron chi connectivity index (χ0n) is 13.3. The smallest absolute Gasteiger partial charge is 0.197 e. The Morgan fingerprint density at radius 1 is 1.04 bits per heavy atom. The van der Waals surface area contributed by atoms with E-state index >= 15 is 0 Å². The highest BCUT2D eigenvalue weighted by Crippen LogP contribution is 2.25. The number of pyridine rings is 1. The van der Waals surface area contributed by atoms with Gasteiger partial charge in [0.2, 0.25) is 0 Å². The first-order chi connectivity index (χ1) is 11.3. The molecule has 0 saturated carbocycles. The van der Waals surface area contributed by atoms with Crippen LogP contribution in [0.2, 0.25) is 0 Å². The van der Waals surface area contributed by atoms with Gasteiger partial charge >= 0.3 is 0 Å². The van der Waals surface area contributed by atoms with Gasteiger partial charge in [0.25, 0.3) is 0 Å². The van der Waals surface area contributed by atoms with Gasteiger partial charge in [-0.3, -0.25) is 4.79 Å². The van der Waals surface area contributed by atoms with Crippen LogP contribution < -0.4 is 15.1 Å². The molecule has 4 rings (SSSR count). The molecular weight excluding hydrogens is 288 g/mol. The van der Waals surface area contributed by atoms with Crippen molar-refractivity contribution in [1.29, 1.82) is 0 Å². The summed E-state index contributed by atoms with van der Waals surface area (Å²) in [4.78, 5) is 18.6. The number of hydrogen-bond donors (Lipinski definition) is 1. The van der Waals surface area contributed by atoms with E-state index in [-0.39, 0.29) is 5.43 Å². The fourth-order valence-corrected chi connectivity index (χ4v) is 3.37. The molecule has 118 valence electrons. The lowest BCUT2D eigenvalue weighted by Gasteiger charge is -2.18. The molecule has 1 aromatic heterocycles. The first kappa shape index (κ1) is 14.1. The summed E-state index contributed by atoms with van der Waals surface area (Å²) in [6.45, 7) is 4.73. The third kappa shape index (κ3) is 2.44.